The molecule has 3 nitrogen and oxygen atoms in total. The second-order valence-corrected chi connectivity index (χ2v) is 4.94. The zero-order chi connectivity index (χ0) is 11.1. The number of nitrogens with two attached hydrogens (primary N) is 1. The molecule has 1 saturated carbocycles. The van der Waals surface area contributed by atoms with Crippen molar-refractivity contribution >= 4 is 5.69 Å². The van der Waals surface area contributed by atoms with Gasteiger partial charge in [-0.1, -0.05) is 12.1 Å². The van der Waals surface area contributed by atoms with E-state index in [9.17, 15) is 5.11 Å². The highest BCUT2D eigenvalue weighted by Crippen LogP contribution is 2.41. The molecule has 0 bridgehead atoms. The molecular formula is C13H18N2O. The topological polar surface area (TPSA) is 49.5 Å². The average Bonchev–Trinajstić information content (AvgIpc) is 3.02. The first-order valence-corrected chi connectivity index (χ1v) is 6.05. The van der Waals surface area contributed by atoms with Gasteiger partial charge >= 0.3 is 0 Å². The van der Waals surface area contributed by atoms with Gasteiger partial charge in [-0.3, -0.25) is 4.90 Å². The van der Waals surface area contributed by atoms with Crippen molar-refractivity contribution in [2.75, 3.05) is 12.3 Å². The van der Waals surface area contributed by atoms with Crippen LogP contribution in [-0.4, -0.2) is 28.7 Å². The van der Waals surface area contributed by atoms with E-state index in [0.29, 0.717) is 6.04 Å². The second kappa shape index (κ2) is 3.75. The molecule has 2 atom stereocenters. The Morgan fingerprint density at radius 2 is 2.06 bits per heavy atom. The van der Waals surface area contributed by atoms with Gasteiger partial charge in [0.2, 0.25) is 0 Å². The van der Waals surface area contributed by atoms with E-state index in [-0.39, 0.29) is 12.1 Å². The highest BCUT2D eigenvalue weighted by molar-refractivity contribution is 5.42. The van der Waals surface area contributed by atoms with Crippen LogP contribution in [0.5, 0.6) is 0 Å². The number of hydrogen-bond acceptors (Lipinski definition) is 3. The molecule has 86 valence electrons. The van der Waals surface area contributed by atoms with Gasteiger partial charge < -0.3 is 10.8 Å². The van der Waals surface area contributed by atoms with Gasteiger partial charge in [-0.05, 0) is 37.0 Å². The lowest BCUT2D eigenvalue weighted by Gasteiger charge is -2.26. The molecule has 16 heavy (non-hydrogen) atoms. The minimum Gasteiger partial charge on any atom is -0.399 e. The first kappa shape index (κ1) is 10.1. The predicted molar refractivity (Wildman–Crippen MR) is 63.9 cm³/mol. The largest absolute Gasteiger partial charge is 0.399 e. The van der Waals surface area contributed by atoms with Crippen molar-refractivity contribution in [3.05, 3.63) is 29.8 Å². The quantitative estimate of drug-likeness (QED) is 0.740. The summed E-state index contributed by atoms with van der Waals surface area (Å²) in [5.74, 6) is 0. The molecule has 1 aromatic rings. The Labute approximate surface area is 95.9 Å². The molecule has 0 amide bonds. The minimum absolute atomic E-state index is 0.163. The molecule has 3 heteroatoms. The van der Waals surface area contributed by atoms with Crippen LogP contribution in [0, 0.1) is 0 Å². The summed E-state index contributed by atoms with van der Waals surface area (Å²) >= 11 is 0. The number of likely N-dealkylation sites (tertiary alicyclic amines) is 1. The molecule has 1 aromatic carbocycles. The van der Waals surface area contributed by atoms with Gasteiger partial charge in [-0.15, -0.1) is 0 Å². The molecular weight excluding hydrogens is 200 g/mol. The van der Waals surface area contributed by atoms with Crippen molar-refractivity contribution in [3.8, 4) is 0 Å². The Balaban J connectivity index is 1.90. The monoisotopic (exact) mass is 218 g/mol. The van der Waals surface area contributed by atoms with Gasteiger partial charge in [-0.2, -0.15) is 0 Å². The summed E-state index contributed by atoms with van der Waals surface area (Å²) < 4.78 is 0. The first-order chi connectivity index (χ1) is 7.75. The van der Waals surface area contributed by atoms with Crippen LogP contribution < -0.4 is 5.73 Å². The Hall–Kier alpha value is -1.06. The third-order valence-electron chi connectivity index (χ3n) is 3.67. The Bertz CT molecular complexity index is 389. The van der Waals surface area contributed by atoms with Crippen LogP contribution in [0.1, 0.15) is 30.9 Å². The summed E-state index contributed by atoms with van der Waals surface area (Å²) in [5, 5.41) is 10.1. The van der Waals surface area contributed by atoms with Crippen LogP contribution >= 0.6 is 0 Å². The highest BCUT2D eigenvalue weighted by Gasteiger charge is 2.41. The first-order valence-electron chi connectivity index (χ1n) is 6.05. The second-order valence-electron chi connectivity index (χ2n) is 4.94. The fourth-order valence-corrected chi connectivity index (χ4v) is 2.77. The van der Waals surface area contributed by atoms with Crippen molar-refractivity contribution in [2.24, 2.45) is 0 Å². The number of rotatable bonds is 2. The number of anilines is 1. The third kappa shape index (κ3) is 1.70. The molecule has 0 aromatic heterocycles. The molecule has 0 radical (unpaired) electrons. The molecule has 0 spiro atoms. The van der Waals surface area contributed by atoms with Crippen molar-refractivity contribution in [1.29, 1.82) is 0 Å². The molecule has 2 fully saturated rings. The fraction of sp³-hybridized carbons (Fsp3) is 0.538. The van der Waals surface area contributed by atoms with Crippen LogP contribution in [0.15, 0.2) is 24.3 Å². The third-order valence-corrected chi connectivity index (χ3v) is 3.67. The van der Waals surface area contributed by atoms with E-state index in [1.165, 1.54) is 12.8 Å². The predicted octanol–water partition coefficient (Wildman–Crippen LogP) is 1.54. The van der Waals surface area contributed by atoms with E-state index in [1.807, 2.05) is 18.2 Å². The number of benzene rings is 1. The molecule has 3 rings (SSSR count). The standard InChI is InChI=1S/C13H18N2O/c14-10-3-1-2-9(8-10)13-12(16)6-7-15(13)11-4-5-11/h1-3,8,11-13,16H,4-7,14H2. The summed E-state index contributed by atoms with van der Waals surface area (Å²) in [6, 6.07) is 8.80. The summed E-state index contributed by atoms with van der Waals surface area (Å²) in [6.45, 7) is 1.02. The zero-order valence-electron chi connectivity index (χ0n) is 9.34. The maximum Gasteiger partial charge on any atom is 0.0749 e. The number of nitrogen functional groups attached to an aromatic ring is 1. The van der Waals surface area contributed by atoms with E-state index >= 15 is 0 Å². The maximum atomic E-state index is 10.1. The molecule has 2 unspecified atom stereocenters. The summed E-state index contributed by atoms with van der Waals surface area (Å²) in [6.07, 6.45) is 3.22. The van der Waals surface area contributed by atoms with E-state index in [4.69, 9.17) is 5.73 Å². The molecule has 1 aliphatic carbocycles. The summed E-state index contributed by atoms with van der Waals surface area (Å²) in [7, 11) is 0. The fourth-order valence-electron chi connectivity index (χ4n) is 2.77. The van der Waals surface area contributed by atoms with Crippen molar-refractivity contribution in [1.82, 2.24) is 4.90 Å². The van der Waals surface area contributed by atoms with Crippen LogP contribution in [-0.2, 0) is 0 Å². The Morgan fingerprint density at radius 3 is 2.75 bits per heavy atom. The minimum atomic E-state index is -0.234. The lowest BCUT2D eigenvalue weighted by atomic mass is 10.0. The van der Waals surface area contributed by atoms with Crippen LogP contribution in [0.3, 0.4) is 0 Å². The van der Waals surface area contributed by atoms with Crippen molar-refractivity contribution < 1.29 is 5.11 Å². The van der Waals surface area contributed by atoms with Gasteiger partial charge in [0.05, 0.1) is 12.1 Å². The molecule has 1 heterocycles. The van der Waals surface area contributed by atoms with Crippen molar-refractivity contribution in [3.63, 3.8) is 0 Å². The van der Waals surface area contributed by atoms with E-state index in [2.05, 4.69) is 11.0 Å². The number of aliphatic hydroxyl groups is 1. The number of hydrogen-bond donors (Lipinski definition) is 2. The SMILES string of the molecule is Nc1cccc(C2C(O)CCN2C2CC2)c1. The van der Waals surface area contributed by atoms with Crippen LogP contribution in [0.25, 0.3) is 0 Å². The smallest absolute Gasteiger partial charge is 0.0749 e. The van der Waals surface area contributed by atoms with Crippen molar-refractivity contribution in [2.45, 2.75) is 37.5 Å². The van der Waals surface area contributed by atoms with Gasteiger partial charge in [-0.25, -0.2) is 0 Å². The highest BCUT2D eigenvalue weighted by atomic mass is 16.3. The maximum absolute atomic E-state index is 10.1. The van der Waals surface area contributed by atoms with Gasteiger partial charge in [0.25, 0.3) is 0 Å². The van der Waals surface area contributed by atoms with E-state index in [1.54, 1.807) is 0 Å². The zero-order valence-corrected chi connectivity index (χ0v) is 9.34. The van der Waals surface area contributed by atoms with E-state index < -0.39 is 0 Å². The summed E-state index contributed by atoms with van der Waals surface area (Å²) in [4.78, 5) is 2.44. The average molecular weight is 218 g/mol. The normalized spacial score (nSPS) is 30.8. The van der Waals surface area contributed by atoms with Crippen LogP contribution in [0.2, 0.25) is 0 Å². The Morgan fingerprint density at radius 1 is 1.25 bits per heavy atom. The van der Waals surface area contributed by atoms with Crippen LogP contribution in [0.4, 0.5) is 5.69 Å². The van der Waals surface area contributed by atoms with Gasteiger partial charge in [0, 0.05) is 18.3 Å². The molecule has 1 saturated heterocycles. The lowest BCUT2D eigenvalue weighted by Crippen LogP contribution is -2.29. The number of aliphatic hydroxyl groups excluding tert-OH is 1. The summed E-state index contributed by atoms with van der Waals surface area (Å²) in [5.41, 5.74) is 7.76. The lowest BCUT2D eigenvalue weighted by molar-refractivity contribution is 0.112. The molecule has 1 aliphatic heterocycles. The Kier molecular flexibility index (Phi) is 2.37. The number of nitrogens with zero attached hydrogens (tertiary/aromatic N) is 1. The molecule has 2 aliphatic rings. The molecule has 3 N–H and O–H groups in total. The van der Waals surface area contributed by atoms with Gasteiger partial charge in [0.15, 0.2) is 0 Å². The van der Waals surface area contributed by atoms with Gasteiger partial charge in [0.1, 0.15) is 0 Å². The van der Waals surface area contributed by atoms with E-state index in [0.717, 1.165) is 24.2 Å².